The van der Waals surface area contributed by atoms with E-state index in [1.807, 2.05) is 42.2 Å². The highest BCUT2D eigenvalue weighted by Gasteiger charge is 2.45. The summed E-state index contributed by atoms with van der Waals surface area (Å²) in [5.41, 5.74) is 1.82. The first kappa shape index (κ1) is 25.9. The number of H-pyrrole nitrogens is 1. The maximum absolute atomic E-state index is 14.1. The third-order valence-corrected chi connectivity index (χ3v) is 7.74. The SMILES string of the molecule is CC(NC(=O)C(CC(=O)N1CCCC[C@@H]1C)NC(=O)[C@H]1C[C@H]1c1ccccc1)c1nc2c(F)cccc2[nH]1. The topological polar surface area (TPSA) is 107 Å². The molecule has 2 unspecified atom stereocenters. The number of nitrogens with zero attached hydrogens (tertiary/aromatic N) is 2. The first-order chi connectivity index (χ1) is 18.3. The lowest BCUT2D eigenvalue weighted by Crippen LogP contribution is -2.52. The van der Waals surface area contributed by atoms with Crippen molar-refractivity contribution in [3.8, 4) is 0 Å². The highest BCUT2D eigenvalue weighted by atomic mass is 19.1. The summed E-state index contributed by atoms with van der Waals surface area (Å²) in [4.78, 5) is 49.0. The Kier molecular flexibility index (Phi) is 7.44. The Balaban J connectivity index is 1.29. The van der Waals surface area contributed by atoms with Gasteiger partial charge in [-0.3, -0.25) is 14.4 Å². The molecule has 1 saturated heterocycles. The van der Waals surface area contributed by atoms with E-state index in [-0.39, 0.29) is 41.6 Å². The van der Waals surface area contributed by atoms with Crippen molar-refractivity contribution < 1.29 is 18.8 Å². The molecular weight excluding hydrogens is 485 g/mol. The Labute approximate surface area is 221 Å². The molecule has 0 bridgehead atoms. The van der Waals surface area contributed by atoms with Crippen LogP contribution in [-0.2, 0) is 14.4 Å². The molecule has 5 rings (SSSR count). The number of rotatable bonds is 8. The van der Waals surface area contributed by atoms with E-state index in [1.54, 1.807) is 19.1 Å². The summed E-state index contributed by atoms with van der Waals surface area (Å²) in [7, 11) is 0. The summed E-state index contributed by atoms with van der Waals surface area (Å²) >= 11 is 0. The first-order valence-electron chi connectivity index (χ1n) is 13.4. The van der Waals surface area contributed by atoms with Crippen LogP contribution in [0.3, 0.4) is 0 Å². The van der Waals surface area contributed by atoms with Crippen molar-refractivity contribution in [2.24, 2.45) is 5.92 Å². The number of halogens is 1. The average molecular weight is 520 g/mol. The van der Waals surface area contributed by atoms with Crippen LogP contribution in [0, 0.1) is 11.7 Å². The number of carbonyl (C=O) groups is 3. The maximum Gasteiger partial charge on any atom is 0.243 e. The van der Waals surface area contributed by atoms with Crippen molar-refractivity contribution in [1.29, 1.82) is 0 Å². The number of amides is 3. The number of para-hydroxylation sites is 1. The van der Waals surface area contributed by atoms with Crippen molar-refractivity contribution in [3.63, 3.8) is 0 Å². The molecule has 5 atom stereocenters. The van der Waals surface area contributed by atoms with E-state index in [2.05, 4.69) is 20.6 Å². The van der Waals surface area contributed by atoms with Crippen LogP contribution in [0.5, 0.6) is 0 Å². The monoisotopic (exact) mass is 519 g/mol. The van der Waals surface area contributed by atoms with Gasteiger partial charge in [-0.15, -0.1) is 0 Å². The largest absolute Gasteiger partial charge is 0.345 e. The number of imidazole rings is 1. The fourth-order valence-corrected chi connectivity index (χ4v) is 5.41. The van der Waals surface area contributed by atoms with Crippen LogP contribution in [-0.4, -0.2) is 51.2 Å². The standard InChI is InChI=1S/C29H34FN5O3/c1-17-9-6-7-14-35(17)25(36)16-24(33-28(37)21-15-20(21)19-10-4-3-5-11-19)29(38)31-18(2)27-32-23-13-8-12-22(30)26(23)34-27/h3-5,8,10-13,17-18,20-21,24H,6-7,9,14-16H2,1-2H3,(H,31,38)(H,32,34)(H,33,37)/t17-,18?,20-,21-,24?/m0/s1. The normalized spacial score (nSPS) is 22.5. The molecule has 8 nitrogen and oxygen atoms in total. The fourth-order valence-electron chi connectivity index (χ4n) is 5.41. The summed E-state index contributed by atoms with van der Waals surface area (Å²) in [5, 5.41) is 5.73. The van der Waals surface area contributed by atoms with E-state index < -0.39 is 23.8 Å². The van der Waals surface area contributed by atoms with Crippen LogP contribution in [0.1, 0.15) is 69.3 Å². The Morgan fingerprint density at radius 2 is 1.89 bits per heavy atom. The molecule has 1 saturated carbocycles. The Hall–Kier alpha value is -3.75. The van der Waals surface area contributed by atoms with E-state index in [0.29, 0.717) is 24.3 Å². The highest BCUT2D eigenvalue weighted by Crippen LogP contribution is 2.47. The van der Waals surface area contributed by atoms with Gasteiger partial charge in [0.05, 0.1) is 18.0 Å². The molecule has 0 radical (unpaired) electrons. The quantitative estimate of drug-likeness (QED) is 0.419. The van der Waals surface area contributed by atoms with E-state index in [4.69, 9.17) is 0 Å². The molecule has 1 aliphatic carbocycles. The zero-order valence-corrected chi connectivity index (χ0v) is 21.7. The molecule has 2 aliphatic rings. The van der Waals surface area contributed by atoms with Crippen molar-refractivity contribution in [3.05, 3.63) is 65.7 Å². The zero-order valence-electron chi connectivity index (χ0n) is 21.7. The average Bonchev–Trinajstić information content (AvgIpc) is 3.59. The maximum atomic E-state index is 14.1. The summed E-state index contributed by atoms with van der Waals surface area (Å²) in [6, 6.07) is 13.0. The number of aromatic amines is 1. The van der Waals surface area contributed by atoms with Gasteiger partial charge in [0.2, 0.25) is 17.7 Å². The van der Waals surface area contributed by atoms with Crippen LogP contribution in [0.15, 0.2) is 48.5 Å². The second kappa shape index (κ2) is 10.9. The zero-order chi connectivity index (χ0) is 26.8. The molecule has 3 amide bonds. The lowest BCUT2D eigenvalue weighted by Gasteiger charge is -2.34. The number of hydrogen-bond acceptors (Lipinski definition) is 4. The van der Waals surface area contributed by atoms with Crippen molar-refractivity contribution >= 4 is 28.8 Å². The number of fused-ring (bicyclic) bond motifs is 1. The third kappa shape index (κ3) is 5.56. The van der Waals surface area contributed by atoms with Crippen LogP contribution in [0.2, 0.25) is 0 Å². The molecule has 1 aliphatic heterocycles. The van der Waals surface area contributed by atoms with Crippen LogP contribution in [0.4, 0.5) is 4.39 Å². The van der Waals surface area contributed by atoms with E-state index in [0.717, 1.165) is 24.8 Å². The third-order valence-electron chi connectivity index (χ3n) is 7.74. The fraction of sp³-hybridized carbons (Fsp3) is 0.448. The van der Waals surface area contributed by atoms with Gasteiger partial charge in [0.25, 0.3) is 0 Å². The van der Waals surface area contributed by atoms with E-state index in [1.165, 1.54) is 6.07 Å². The second-order valence-corrected chi connectivity index (χ2v) is 10.5. The smallest absolute Gasteiger partial charge is 0.243 e. The summed E-state index contributed by atoms with van der Waals surface area (Å²) in [5.74, 6) is -1.02. The summed E-state index contributed by atoms with van der Waals surface area (Å²) in [6.07, 6.45) is 3.52. The lowest BCUT2D eigenvalue weighted by molar-refractivity contribution is -0.138. The van der Waals surface area contributed by atoms with Gasteiger partial charge in [-0.05, 0) is 63.1 Å². The minimum atomic E-state index is -1.02. The molecular formula is C29H34FN5O3. The molecule has 3 N–H and O–H groups in total. The van der Waals surface area contributed by atoms with Crippen LogP contribution in [0.25, 0.3) is 11.0 Å². The molecule has 2 fully saturated rings. The first-order valence-corrected chi connectivity index (χ1v) is 13.4. The highest BCUT2D eigenvalue weighted by molar-refractivity contribution is 5.93. The Bertz CT molecular complexity index is 1330. The number of hydrogen-bond donors (Lipinski definition) is 3. The molecule has 2 heterocycles. The van der Waals surface area contributed by atoms with Gasteiger partial charge in [0, 0.05) is 18.5 Å². The molecule has 0 spiro atoms. The number of piperidine rings is 1. The number of nitrogens with one attached hydrogen (secondary N) is 3. The molecule has 9 heteroatoms. The number of aromatic nitrogens is 2. The van der Waals surface area contributed by atoms with Crippen molar-refractivity contribution in [2.75, 3.05) is 6.54 Å². The molecule has 3 aromatic rings. The van der Waals surface area contributed by atoms with Gasteiger partial charge in [-0.25, -0.2) is 9.37 Å². The van der Waals surface area contributed by atoms with Gasteiger partial charge in [-0.2, -0.15) is 0 Å². The molecule has 200 valence electrons. The van der Waals surface area contributed by atoms with Crippen LogP contribution >= 0.6 is 0 Å². The van der Waals surface area contributed by atoms with E-state index in [9.17, 15) is 18.8 Å². The van der Waals surface area contributed by atoms with Crippen LogP contribution < -0.4 is 10.6 Å². The molecule has 1 aromatic heterocycles. The predicted molar refractivity (Wildman–Crippen MR) is 141 cm³/mol. The lowest BCUT2D eigenvalue weighted by atomic mass is 10.0. The molecule has 38 heavy (non-hydrogen) atoms. The number of likely N-dealkylation sites (tertiary alicyclic amines) is 1. The van der Waals surface area contributed by atoms with Gasteiger partial charge >= 0.3 is 0 Å². The Morgan fingerprint density at radius 3 is 2.63 bits per heavy atom. The van der Waals surface area contributed by atoms with E-state index >= 15 is 0 Å². The van der Waals surface area contributed by atoms with Gasteiger partial charge in [-0.1, -0.05) is 36.4 Å². The minimum absolute atomic E-state index is 0.103. The minimum Gasteiger partial charge on any atom is -0.345 e. The number of benzene rings is 2. The van der Waals surface area contributed by atoms with Gasteiger partial charge in [0.1, 0.15) is 17.4 Å². The van der Waals surface area contributed by atoms with Gasteiger partial charge < -0.3 is 20.5 Å². The predicted octanol–water partition coefficient (Wildman–Crippen LogP) is 3.96. The molecule has 2 aromatic carbocycles. The van der Waals surface area contributed by atoms with Crippen molar-refractivity contribution in [1.82, 2.24) is 25.5 Å². The number of carbonyl (C=O) groups excluding carboxylic acids is 3. The summed E-state index contributed by atoms with van der Waals surface area (Å²) in [6.45, 7) is 4.40. The summed E-state index contributed by atoms with van der Waals surface area (Å²) < 4.78 is 14.1. The van der Waals surface area contributed by atoms with Gasteiger partial charge in [0.15, 0.2) is 5.82 Å². The van der Waals surface area contributed by atoms with Crippen molar-refractivity contribution in [2.45, 2.75) is 70.0 Å². The Morgan fingerprint density at radius 1 is 1.11 bits per heavy atom. The second-order valence-electron chi connectivity index (χ2n) is 10.5.